The molecule has 1 aliphatic heterocycles. The van der Waals surface area contributed by atoms with Gasteiger partial charge in [0.1, 0.15) is 0 Å². The number of benzene rings is 1. The Labute approximate surface area is 111 Å². The van der Waals surface area contributed by atoms with Crippen LogP contribution < -0.4 is 5.32 Å². The molecule has 3 unspecified atom stereocenters. The number of rotatable bonds is 4. The third kappa shape index (κ3) is 2.93. The van der Waals surface area contributed by atoms with Gasteiger partial charge < -0.3 is 10.1 Å². The highest BCUT2D eigenvalue weighted by Gasteiger charge is 2.32. The standard InChI is InChI=1S/C16H25NO/c1-5-17-15(16-13(4)6-7-18-16)14-9-11(2)8-12(3)10-14/h8-10,13,15-17H,5-7H2,1-4H3. The first kappa shape index (κ1) is 13.6. The van der Waals surface area contributed by atoms with E-state index >= 15 is 0 Å². The van der Waals surface area contributed by atoms with Crippen LogP contribution >= 0.6 is 0 Å². The van der Waals surface area contributed by atoms with Crippen LogP contribution in [0.2, 0.25) is 0 Å². The summed E-state index contributed by atoms with van der Waals surface area (Å²) in [6.45, 7) is 10.7. The molecule has 1 aromatic carbocycles. The average Bonchev–Trinajstić information content (AvgIpc) is 2.71. The van der Waals surface area contributed by atoms with Gasteiger partial charge in [0.05, 0.1) is 12.1 Å². The predicted molar refractivity (Wildman–Crippen MR) is 75.9 cm³/mol. The zero-order chi connectivity index (χ0) is 13.1. The summed E-state index contributed by atoms with van der Waals surface area (Å²) < 4.78 is 5.95. The maximum atomic E-state index is 5.95. The molecule has 0 radical (unpaired) electrons. The summed E-state index contributed by atoms with van der Waals surface area (Å²) in [4.78, 5) is 0. The lowest BCUT2D eigenvalue weighted by atomic mass is 9.91. The lowest BCUT2D eigenvalue weighted by Gasteiger charge is -2.28. The molecule has 1 saturated heterocycles. The molecule has 2 rings (SSSR count). The van der Waals surface area contributed by atoms with Gasteiger partial charge in [0.15, 0.2) is 0 Å². The van der Waals surface area contributed by atoms with Crippen LogP contribution in [0.3, 0.4) is 0 Å². The van der Waals surface area contributed by atoms with E-state index in [0.29, 0.717) is 18.1 Å². The molecule has 0 aromatic heterocycles. The Balaban J connectivity index is 2.28. The zero-order valence-corrected chi connectivity index (χ0v) is 12.0. The molecule has 100 valence electrons. The van der Waals surface area contributed by atoms with Crippen LogP contribution in [0.4, 0.5) is 0 Å². The van der Waals surface area contributed by atoms with E-state index in [0.717, 1.165) is 13.2 Å². The molecule has 1 N–H and O–H groups in total. The number of hydrogen-bond acceptors (Lipinski definition) is 2. The minimum Gasteiger partial charge on any atom is -0.376 e. The third-order valence-electron chi connectivity index (χ3n) is 3.80. The van der Waals surface area contributed by atoms with Crippen LogP contribution in [0.15, 0.2) is 18.2 Å². The number of likely N-dealkylation sites (N-methyl/N-ethyl adjacent to an activating group) is 1. The van der Waals surface area contributed by atoms with Gasteiger partial charge in [-0.05, 0) is 38.3 Å². The Morgan fingerprint density at radius 1 is 1.28 bits per heavy atom. The van der Waals surface area contributed by atoms with E-state index in [2.05, 4.69) is 51.2 Å². The van der Waals surface area contributed by atoms with Gasteiger partial charge in [0, 0.05) is 6.61 Å². The summed E-state index contributed by atoms with van der Waals surface area (Å²) >= 11 is 0. The topological polar surface area (TPSA) is 21.3 Å². The highest BCUT2D eigenvalue weighted by Crippen LogP contribution is 2.32. The molecule has 0 amide bonds. The SMILES string of the molecule is CCNC(c1cc(C)cc(C)c1)C1OCCC1C. The van der Waals surface area contributed by atoms with Gasteiger partial charge in [-0.15, -0.1) is 0 Å². The molecule has 1 heterocycles. The summed E-state index contributed by atoms with van der Waals surface area (Å²) in [5.74, 6) is 0.634. The minimum absolute atomic E-state index is 0.311. The fraction of sp³-hybridized carbons (Fsp3) is 0.625. The molecule has 1 aliphatic rings. The first-order valence-electron chi connectivity index (χ1n) is 7.05. The quantitative estimate of drug-likeness (QED) is 0.880. The molecular weight excluding hydrogens is 222 g/mol. The number of nitrogens with one attached hydrogen (secondary N) is 1. The smallest absolute Gasteiger partial charge is 0.0795 e. The molecule has 1 fully saturated rings. The third-order valence-corrected chi connectivity index (χ3v) is 3.80. The molecule has 0 saturated carbocycles. The van der Waals surface area contributed by atoms with Crippen molar-refractivity contribution in [1.29, 1.82) is 0 Å². The van der Waals surface area contributed by atoms with Crippen molar-refractivity contribution in [1.82, 2.24) is 5.32 Å². The van der Waals surface area contributed by atoms with Crippen molar-refractivity contribution in [3.05, 3.63) is 34.9 Å². The number of ether oxygens (including phenoxy) is 1. The van der Waals surface area contributed by atoms with Gasteiger partial charge in [0.2, 0.25) is 0 Å². The first-order chi connectivity index (χ1) is 8.61. The van der Waals surface area contributed by atoms with Crippen LogP contribution in [0.25, 0.3) is 0 Å². The minimum atomic E-state index is 0.311. The molecule has 0 spiro atoms. The zero-order valence-electron chi connectivity index (χ0n) is 12.0. The van der Waals surface area contributed by atoms with Gasteiger partial charge in [-0.1, -0.05) is 43.2 Å². The van der Waals surface area contributed by atoms with Crippen molar-refractivity contribution in [3.8, 4) is 0 Å². The van der Waals surface area contributed by atoms with E-state index in [1.54, 1.807) is 0 Å². The predicted octanol–water partition coefficient (Wildman–Crippen LogP) is 3.38. The molecular formula is C16H25NO. The van der Waals surface area contributed by atoms with Gasteiger partial charge in [-0.3, -0.25) is 0 Å². The number of aryl methyl sites for hydroxylation is 2. The van der Waals surface area contributed by atoms with E-state index in [-0.39, 0.29) is 0 Å². The molecule has 2 heteroatoms. The Bertz CT molecular complexity index is 382. The Hall–Kier alpha value is -0.860. The summed E-state index contributed by atoms with van der Waals surface area (Å²) in [7, 11) is 0. The Morgan fingerprint density at radius 2 is 1.94 bits per heavy atom. The van der Waals surface area contributed by atoms with E-state index in [1.165, 1.54) is 23.1 Å². The van der Waals surface area contributed by atoms with Crippen molar-refractivity contribution in [2.24, 2.45) is 5.92 Å². The van der Waals surface area contributed by atoms with E-state index in [4.69, 9.17) is 4.74 Å². The lowest BCUT2D eigenvalue weighted by Crippen LogP contribution is -2.34. The van der Waals surface area contributed by atoms with Crippen LogP contribution in [-0.4, -0.2) is 19.3 Å². The second-order valence-corrected chi connectivity index (χ2v) is 5.56. The van der Waals surface area contributed by atoms with E-state index in [1.807, 2.05) is 0 Å². The lowest BCUT2D eigenvalue weighted by molar-refractivity contribution is 0.0612. The number of hydrogen-bond donors (Lipinski definition) is 1. The molecule has 3 atom stereocenters. The highest BCUT2D eigenvalue weighted by atomic mass is 16.5. The normalized spacial score (nSPS) is 25.3. The van der Waals surface area contributed by atoms with Crippen molar-refractivity contribution in [2.75, 3.05) is 13.2 Å². The van der Waals surface area contributed by atoms with Crippen LogP contribution in [0.1, 0.15) is 43.0 Å². The molecule has 0 bridgehead atoms. The van der Waals surface area contributed by atoms with E-state index in [9.17, 15) is 0 Å². The molecule has 2 nitrogen and oxygen atoms in total. The summed E-state index contributed by atoms with van der Waals surface area (Å²) in [6, 6.07) is 7.13. The monoisotopic (exact) mass is 247 g/mol. The fourth-order valence-corrected chi connectivity index (χ4v) is 2.98. The maximum absolute atomic E-state index is 5.95. The van der Waals surface area contributed by atoms with Gasteiger partial charge in [0.25, 0.3) is 0 Å². The van der Waals surface area contributed by atoms with Crippen LogP contribution in [0.5, 0.6) is 0 Å². The van der Waals surface area contributed by atoms with Gasteiger partial charge in [-0.25, -0.2) is 0 Å². The Kier molecular flexibility index (Phi) is 4.41. The molecule has 18 heavy (non-hydrogen) atoms. The van der Waals surface area contributed by atoms with Gasteiger partial charge in [-0.2, -0.15) is 0 Å². The van der Waals surface area contributed by atoms with Gasteiger partial charge >= 0.3 is 0 Å². The van der Waals surface area contributed by atoms with Crippen LogP contribution in [0, 0.1) is 19.8 Å². The van der Waals surface area contributed by atoms with Crippen molar-refractivity contribution in [3.63, 3.8) is 0 Å². The maximum Gasteiger partial charge on any atom is 0.0795 e. The average molecular weight is 247 g/mol. The van der Waals surface area contributed by atoms with Crippen LogP contribution in [-0.2, 0) is 4.74 Å². The fourth-order valence-electron chi connectivity index (χ4n) is 2.98. The summed E-state index contributed by atoms with van der Waals surface area (Å²) in [5, 5.41) is 3.60. The second kappa shape index (κ2) is 5.85. The van der Waals surface area contributed by atoms with Crippen molar-refractivity contribution >= 4 is 0 Å². The van der Waals surface area contributed by atoms with Crippen molar-refractivity contribution in [2.45, 2.75) is 46.3 Å². The molecule has 1 aromatic rings. The van der Waals surface area contributed by atoms with E-state index < -0.39 is 0 Å². The second-order valence-electron chi connectivity index (χ2n) is 5.56. The highest BCUT2D eigenvalue weighted by molar-refractivity contribution is 5.31. The first-order valence-corrected chi connectivity index (χ1v) is 7.05. The largest absolute Gasteiger partial charge is 0.376 e. The Morgan fingerprint density at radius 3 is 2.44 bits per heavy atom. The molecule has 0 aliphatic carbocycles. The summed E-state index contributed by atoms with van der Waals surface area (Å²) in [6.07, 6.45) is 1.49. The summed E-state index contributed by atoms with van der Waals surface area (Å²) in [5.41, 5.74) is 4.03. The van der Waals surface area contributed by atoms with Crippen molar-refractivity contribution < 1.29 is 4.74 Å².